The minimum absolute atomic E-state index is 0.00895. The highest BCUT2D eigenvalue weighted by atomic mass is 16.2. The van der Waals surface area contributed by atoms with Gasteiger partial charge in [-0.2, -0.15) is 0 Å². The SMILES string of the molecule is CCCC(=O)NC[C@H]1[C@H]2C[C@H](CN(C(=O)c3cncnc3)C2)c2cccc(=O)n21. The molecule has 1 saturated heterocycles. The number of hydrogen-bond acceptors (Lipinski definition) is 5. The van der Waals surface area contributed by atoms with Gasteiger partial charge in [-0.3, -0.25) is 14.4 Å². The smallest absolute Gasteiger partial charge is 0.257 e. The summed E-state index contributed by atoms with van der Waals surface area (Å²) in [6.45, 7) is 3.45. The van der Waals surface area contributed by atoms with E-state index in [-0.39, 0.29) is 35.3 Å². The van der Waals surface area contributed by atoms with Gasteiger partial charge in [-0.25, -0.2) is 9.97 Å². The van der Waals surface area contributed by atoms with Crippen LogP contribution in [0.25, 0.3) is 0 Å². The molecule has 8 nitrogen and oxygen atoms in total. The number of rotatable bonds is 5. The van der Waals surface area contributed by atoms with Crippen molar-refractivity contribution < 1.29 is 9.59 Å². The number of carbonyl (C=O) groups is 2. The van der Waals surface area contributed by atoms with E-state index in [9.17, 15) is 14.4 Å². The molecule has 2 aliphatic heterocycles. The van der Waals surface area contributed by atoms with Crippen LogP contribution in [0.3, 0.4) is 0 Å². The van der Waals surface area contributed by atoms with Crippen LogP contribution in [0.4, 0.5) is 0 Å². The Morgan fingerprint density at radius 2 is 2.00 bits per heavy atom. The van der Waals surface area contributed by atoms with Crippen molar-refractivity contribution in [1.82, 2.24) is 24.8 Å². The largest absolute Gasteiger partial charge is 0.354 e. The van der Waals surface area contributed by atoms with E-state index in [1.54, 1.807) is 12.1 Å². The summed E-state index contributed by atoms with van der Waals surface area (Å²) >= 11 is 0. The Balaban J connectivity index is 1.63. The van der Waals surface area contributed by atoms with Crippen LogP contribution in [0.15, 0.2) is 41.7 Å². The zero-order valence-electron chi connectivity index (χ0n) is 16.5. The second kappa shape index (κ2) is 8.14. The molecule has 0 radical (unpaired) electrons. The van der Waals surface area contributed by atoms with E-state index < -0.39 is 0 Å². The molecule has 4 heterocycles. The molecule has 3 atom stereocenters. The van der Waals surface area contributed by atoms with Gasteiger partial charge < -0.3 is 14.8 Å². The van der Waals surface area contributed by atoms with Crippen molar-refractivity contribution in [2.45, 2.75) is 38.1 Å². The van der Waals surface area contributed by atoms with Gasteiger partial charge in [0.05, 0.1) is 11.6 Å². The number of fused-ring (bicyclic) bond motifs is 4. The van der Waals surface area contributed by atoms with E-state index in [0.29, 0.717) is 31.6 Å². The Morgan fingerprint density at radius 3 is 2.76 bits per heavy atom. The number of pyridine rings is 1. The third-order valence-electron chi connectivity index (χ3n) is 5.88. The van der Waals surface area contributed by atoms with Gasteiger partial charge in [0.25, 0.3) is 11.5 Å². The summed E-state index contributed by atoms with van der Waals surface area (Å²) in [5, 5.41) is 2.98. The summed E-state index contributed by atoms with van der Waals surface area (Å²) in [4.78, 5) is 47.4. The number of nitrogens with one attached hydrogen (secondary N) is 1. The molecular formula is C21H25N5O3. The molecule has 0 aliphatic carbocycles. The van der Waals surface area contributed by atoms with Gasteiger partial charge in [0.15, 0.2) is 0 Å². The quantitative estimate of drug-likeness (QED) is 0.824. The summed E-state index contributed by atoms with van der Waals surface area (Å²) in [6.07, 6.45) is 6.60. The summed E-state index contributed by atoms with van der Waals surface area (Å²) in [5.41, 5.74) is 1.35. The molecule has 29 heavy (non-hydrogen) atoms. The Morgan fingerprint density at radius 1 is 1.21 bits per heavy atom. The van der Waals surface area contributed by atoms with Crippen LogP contribution in [0.5, 0.6) is 0 Å². The van der Waals surface area contributed by atoms with Crippen molar-refractivity contribution in [1.29, 1.82) is 0 Å². The lowest BCUT2D eigenvalue weighted by Gasteiger charge is -2.47. The van der Waals surface area contributed by atoms with Crippen LogP contribution in [-0.4, -0.2) is 50.9 Å². The molecule has 0 spiro atoms. The Labute approximate surface area is 169 Å². The van der Waals surface area contributed by atoms with Gasteiger partial charge in [-0.05, 0) is 24.8 Å². The third-order valence-corrected chi connectivity index (χ3v) is 5.88. The zero-order chi connectivity index (χ0) is 20.4. The molecule has 4 rings (SSSR count). The molecule has 2 aliphatic rings. The Bertz CT molecular complexity index is 958. The summed E-state index contributed by atoms with van der Waals surface area (Å²) in [5.74, 6) is 0.0850. The highest BCUT2D eigenvalue weighted by molar-refractivity contribution is 5.93. The number of piperidine rings is 1. The highest BCUT2D eigenvalue weighted by Crippen LogP contribution is 2.41. The summed E-state index contributed by atoms with van der Waals surface area (Å²) < 4.78 is 1.83. The van der Waals surface area contributed by atoms with Crippen LogP contribution in [0.1, 0.15) is 54.2 Å². The first-order valence-electron chi connectivity index (χ1n) is 10.1. The molecule has 0 unspecified atom stereocenters. The molecule has 2 aromatic heterocycles. The fraction of sp³-hybridized carbons (Fsp3) is 0.476. The van der Waals surface area contributed by atoms with Crippen molar-refractivity contribution in [2.24, 2.45) is 5.92 Å². The molecule has 2 amide bonds. The van der Waals surface area contributed by atoms with Crippen LogP contribution in [0.2, 0.25) is 0 Å². The van der Waals surface area contributed by atoms with E-state index in [1.807, 2.05) is 22.5 Å². The number of likely N-dealkylation sites (tertiary alicyclic amines) is 1. The maximum atomic E-state index is 13.0. The zero-order valence-corrected chi connectivity index (χ0v) is 16.5. The molecule has 2 aromatic rings. The standard InChI is InChI=1S/C21H25N5O3/c1-2-4-19(27)24-10-18-15-7-14(17-5-3-6-20(28)26(17)18)11-25(12-15)21(29)16-8-22-13-23-9-16/h3,5-6,8-9,13-15,18H,2,4,7,10-12H2,1H3,(H,24,27)/t14-,15+,18+/m1/s1. The number of hydrogen-bond donors (Lipinski definition) is 1. The van der Waals surface area contributed by atoms with Gasteiger partial charge in [-0.15, -0.1) is 0 Å². The predicted octanol–water partition coefficient (Wildman–Crippen LogP) is 1.36. The fourth-order valence-corrected chi connectivity index (χ4v) is 4.60. The van der Waals surface area contributed by atoms with Crippen molar-refractivity contribution in [3.8, 4) is 0 Å². The lowest BCUT2D eigenvalue weighted by atomic mass is 9.78. The van der Waals surface area contributed by atoms with E-state index in [0.717, 1.165) is 18.5 Å². The van der Waals surface area contributed by atoms with E-state index in [2.05, 4.69) is 15.3 Å². The van der Waals surface area contributed by atoms with E-state index >= 15 is 0 Å². The minimum atomic E-state index is -0.168. The maximum absolute atomic E-state index is 13.0. The first-order chi connectivity index (χ1) is 14.1. The normalized spacial score (nSPS) is 22.7. The third kappa shape index (κ3) is 3.79. The summed E-state index contributed by atoms with van der Waals surface area (Å²) in [6, 6.07) is 5.13. The molecule has 0 aromatic carbocycles. The van der Waals surface area contributed by atoms with Crippen LogP contribution >= 0.6 is 0 Å². The van der Waals surface area contributed by atoms with Gasteiger partial charge >= 0.3 is 0 Å². The van der Waals surface area contributed by atoms with Gasteiger partial charge in [0, 0.05) is 56.1 Å². The Kier molecular flexibility index (Phi) is 5.42. The van der Waals surface area contributed by atoms with Crippen molar-refractivity contribution in [3.05, 3.63) is 58.5 Å². The predicted molar refractivity (Wildman–Crippen MR) is 106 cm³/mol. The second-order valence-electron chi connectivity index (χ2n) is 7.81. The van der Waals surface area contributed by atoms with Gasteiger partial charge in [0.2, 0.25) is 5.91 Å². The lowest BCUT2D eigenvalue weighted by molar-refractivity contribution is -0.121. The van der Waals surface area contributed by atoms with Crippen molar-refractivity contribution >= 4 is 11.8 Å². The number of aromatic nitrogens is 3. The lowest BCUT2D eigenvalue weighted by Crippen LogP contribution is -2.53. The molecule has 0 saturated carbocycles. The van der Waals surface area contributed by atoms with Gasteiger partial charge in [-0.1, -0.05) is 13.0 Å². The average Bonchev–Trinajstić information content (AvgIpc) is 2.74. The Hall–Kier alpha value is -3.03. The van der Waals surface area contributed by atoms with Crippen LogP contribution < -0.4 is 10.9 Å². The van der Waals surface area contributed by atoms with E-state index in [4.69, 9.17) is 0 Å². The van der Waals surface area contributed by atoms with Gasteiger partial charge in [0.1, 0.15) is 6.33 Å². The topological polar surface area (TPSA) is 97.2 Å². The monoisotopic (exact) mass is 395 g/mol. The molecular weight excluding hydrogens is 370 g/mol. The molecule has 152 valence electrons. The molecule has 1 N–H and O–H groups in total. The molecule has 2 bridgehead atoms. The van der Waals surface area contributed by atoms with E-state index in [1.165, 1.54) is 18.7 Å². The maximum Gasteiger partial charge on any atom is 0.257 e. The van der Waals surface area contributed by atoms with Crippen molar-refractivity contribution in [2.75, 3.05) is 19.6 Å². The molecule has 1 fully saturated rings. The fourth-order valence-electron chi connectivity index (χ4n) is 4.60. The van der Waals surface area contributed by atoms with Crippen LogP contribution in [0, 0.1) is 5.92 Å². The number of amides is 2. The first-order valence-corrected chi connectivity index (χ1v) is 10.1. The second-order valence-corrected chi connectivity index (χ2v) is 7.81. The number of nitrogens with zero attached hydrogens (tertiary/aromatic N) is 4. The highest BCUT2D eigenvalue weighted by Gasteiger charge is 2.42. The molecule has 8 heteroatoms. The van der Waals surface area contributed by atoms with Crippen molar-refractivity contribution in [3.63, 3.8) is 0 Å². The summed E-state index contributed by atoms with van der Waals surface area (Å²) in [7, 11) is 0. The average molecular weight is 395 g/mol. The first kappa shape index (κ1) is 19.3. The number of carbonyl (C=O) groups excluding carboxylic acids is 2. The minimum Gasteiger partial charge on any atom is -0.354 e. The van der Waals surface area contributed by atoms with Crippen LogP contribution in [-0.2, 0) is 4.79 Å².